The minimum Gasteiger partial charge on any atom is -0.351 e. The number of hydrogen-bond acceptors (Lipinski definition) is 4. The minimum atomic E-state index is -3.56. The molecule has 1 amide bonds. The van der Waals surface area contributed by atoms with Crippen molar-refractivity contribution in [1.82, 2.24) is 15.4 Å². The SMILES string of the molecule is CC(C)CNS(=O)(=O)c1ccc(CNC(=O)C2CC(F)(F)CN2)cc1. The maximum Gasteiger partial charge on any atom is 0.262 e. The molecule has 6 nitrogen and oxygen atoms in total. The first kappa shape index (κ1) is 19.7. The quantitative estimate of drug-likeness (QED) is 0.669. The van der Waals surface area contributed by atoms with Gasteiger partial charge < -0.3 is 5.32 Å². The van der Waals surface area contributed by atoms with Crippen molar-refractivity contribution in [2.24, 2.45) is 5.92 Å². The first-order valence-electron chi connectivity index (χ1n) is 8.06. The van der Waals surface area contributed by atoms with Crippen LogP contribution in [0.25, 0.3) is 0 Å². The largest absolute Gasteiger partial charge is 0.351 e. The summed E-state index contributed by atoms with van der Waals surface area (Å²) in [5.74, 6) is -3.16. The highest BCUT2D eigenvalue weighted by molar-refractivity contribution is 7.89. The van der Waals surface area contributed by atoms with Crippen LogP contribution in [0.3, 0.4) is 0 Å². The van der Waals surface area contributed by atoms with E-state index in [1.165, 1.54) is 12.1 Å². The third-order valence-corrected chi connectivity index (χ3v) is 5.25. The lowest BCUT2D eigenvalue weighted by Crippen LogP contribution is -2.40. The number of nitrogens with one attached hydrogen (secondary N) is 3. The van der Waals surface area contributed by atoms with E-state index in [2.05, 4.69) is 15.4 Å². The maximum atomic E-state index is 13.1. The summed E-state index contributed by atoms with van der Waals surface area (Å²) in [5, 5.41) is 5.06. The summed E-state index contributed by atoms with van der Waals surface area (Å²) in [5.41, 5.74) is 0.681. The highest BCUT2D eigenvalue weighted by atomic mass is 32.2. The van der Waals surface area contributed by atoms with Crippen molar-refractivity contribution in [1.29, 1.82) is 0 Å². The first-order valence-corrected chi connectivity index (χ1v) is 9.55. The lowest BCUT2D eigenvalue weighted by molar-refractivity contribution is -0.123. The van der Waals surface area contributed by atoms with Gasteiger partial charge in [0.25, 0.3) is 5.92 Å². The zero-order chi connectivity index (χ0) is 18.7. The molecule has 1 heterocycles. The topological polar surface area (TPSA) is 87.3 Å². The highest BCUT2D eigenvalue weighted by Gasteiger charge is 2.42. The molecule has 0 radical (unpaired) electrons. The molecule has 0 bridgehead atoms. The second kappa shape index (κ2) is 7.76. The number of hydrogen-bond donors (Lipinski definition) is 3. The monoisotopic (exact) mass is 375 g/mol. The number of halogens is 2. The van der Waals surface area contributed by atoms with Gasteiger partial charge in [0, 0.05) is 19.5 Å². The average Bonchev–Trinajstić information content (AvgIpc) is 2.91. The standard InChI is InChI=1S/C16H23F2N3O3S/c1-11(2)8-21-25(23,24)13-5-3-12(4-6-13)9-19-15(22)14-7-16(17,18)10-20-14/h3-6,11,14,20-21H,7-10H2,1-2H3,(H,19,22). The summed E-state index contributed by atoms with van der Waals surface area (Å²) in [7, 11) is -3.56. The number of carbonyl (C=O) groups excluding carboxylic acids is 1. The van der Waals surface area contributed by atoms with Gasteiger partial charge in [-0.3, -0.25) is 10.1 Å². The summed E-state index contributed by atoms with van der Waals surface area (Å²) < 4.78 is 52.9. The molecule has 25 heavy (non-hydrogen) atoms. The van der Waals surface area contributed by atoms with Crippen LogP contribution in [0, 0.1) is 5.92 Å². The molecule has 1 aromatic rings. The molecule has 0 saturated carbocycles. The maximum absolute atomic E-state index is 13.1. The first-order chi connectivity index (χ1) is 11.6. The molecule has 9 heteroatoms. The Bertz CT molecular complexity index is 706. The van der Waals surface area contributed by atoms with E-state index in [9.17, 15) is 22.0 Å². The van der Waals surface area contributed by atoms with Crippen molar-refractivity contribution in [3.8, 4) is 0 Å². The molecular formula is C16H23F2N3O3S. The molecule has 1 saturated heterocycles. The van der Waals surface area contributed by atoms with Gasteiger partial charge in [0.1, 0.15) is 0 Å². The second-order valence-electron chi connectivity index (χ2n) is 6.60. The Morgan fingerprint density at radius 3 is 2.48 bits per heavy atom. The normalized spacial score (nSPS) is 20.0. The lowest BCUT2D eigenvalue weighted by Gasteiger charge is -2.12. The molecule has 1 atom stereocenters. The Morgan fingerprint density at radius 2 is 1.96 bits per heavy atom. The fourth-order valence-electron chi connectivity index (χ4n) is 2.36. The summed E-state index contributed by atoms with van der Waals surface area (Å²) >= 11 is 0. The Morgan fingerprint density at radius 1 is 1.32 bits per heavy atom. The van der Waals surface area contributed by atoms with Crippen molar-refractivity contribution in [2.45, 2.75) is 43.7 Å². The summed E-state index contributed by atoms with van der Waals surface area (Å²) in [4.78, 5) is 12.0. The van der Waals surface area contributed by atoms with Crippen LogP contribution >= 0.6 is 0 Å². The van der Waals surface area contributed by atoms with Gasteiger partial charge in [-0.05, 0) is 23.6 Å². The number of amides is 1. The van der Waals surface area contributed by atoms with Crippen LogP contribution in [0.5, 0.6) is 0 Å². The van der Waals surface area contributed by atoms with Crippen molar-refractivity contribution >= 4 is 15.9 Å². The van der Waals surface area contributed by atoms with E-state index < -0.39 is 40.9 Å². The molecule has 1 unspecified atom stereocenters. The molecule has 0 aliphatic carbocycles. The second-order valence-corrected chi connectivity index (χ2v) is 8.37. The van der Waals surface area contributed by atoms with E-state index in [1.54, 1.807) is 12.1 Å². The zero-order valence-electron chi connectivity index (χ0n) is 14.2. The number of sulfonamides is 1. The number of benzene rings is 1. The predicted molar refractivity (Wildman–Crippen MR) is 89.7 cm³/mol. The smallest absolute Gasteiger partial charge is 0.262 e. The fourth-order valence-corrected chi connectivity index (χ4v) is 3.57. The number of rotatable bonds is 7. The molecule has 0 aromatic heterocycles. The Kier molecular flexibility index (Phi) is 6.12. The molecule has 3 N–H and O–H groups in total. The number of carbonyl (C=O) groups is 1. The fraction of sp³-hybridized carbons (Fsp3) is 0.562. The molecule has 1 aliphatic rings. The molecule has 0 spiro atoms. The van der Waals surface area contributed by atoms with Gasteiger partial charge in [-0.2, -0.15) is 0 Å². The van der Waals surface area contributed by atoms with Crippen molar-refractivity contribution in [3.05, 3.63) is 29.8 Å². The van der Waals surface area contributed by atoms with Crippen LogP contribution < -0.4 is 15.4 Å². The van der Waals surface area contributed by atoms with Gasteiger partial charge in [0.15, 0.2) is 0 Å². The molecular weight excluding hydrogens is 352 g/mol. The van der Waals surface area contributed by atoms with Crippen LogP contribution in [0.2, 0.25) is 0 Å². The predicted octanol–water partition coefficient (Wildman–Crippen LogP) is 1.23. The Hall–Kier alpha value is -1.58. The van der Waals surface area contributed by atoms with Crippen molar-refractivity contribution < 1.29 is 22.0 Å². The summed E-state index contributed by atoms with van der Waals surface area (Å²) in [6, 6.07) is 5.16. The molecule has 1 aliphatic heterocycles. The van der Waals surface area contributed by atoms with Gasteiger partial charge in [-0.25, -0.2) is 21.9 Å². The van der Waals surface area contributed by atoms with Crippen LogP contribution in [-0.4, -0.2) is 39.4 Å². The van der Waals surface area contributed by atoms with Gasteiger partial charge in [0.2, 0.25) is 15.9 Å². The molecule has 1 aromatic carbocycles. The van der Waals surface area contributed by atoms with Gasteiger partial charge in [-0.15, -0.1) is 0 Å². The minimum absolute atomic E-state index is 0.139. The van der Waals surface area contributed by atoms with Gasteiger partial charge in [-0.1, -0.05) is 26.0 Å². The van der Waals surface area contributed by atoms with E-state index in [0.29, 0.717) is 12.1 Å². The van der Waals surface area contributed by atoms with Crippen LogP contribution in [0.15, 0.2) is 29.2 Å². The molecule has 2 rings (SSSR count). The summed E-state index contributed by atoms with van der Waals surface area (Å²) in [6.45, 7) is 3.80. The van der Waals surface area contributed by atoms with Crippen molar-refractivity contribution in [2.75, 3.05) is 13.1 Å². The van der Waals surface area contributed by atoms with E-state index in [1.807, 2.05) is 13.8 Å². The van der Waals surface area contributed by atoms with Crippen LogP contribution in [-0.2, 0) is 21.4 Å². The van der Waals surface area contributed by atoms with E-state index in [-0.39, 0.29) is 17.4 Å². The Balaban J connectivity index is 1.89. The highest BCUT2D eigenvalue weighted by Crippen LogP contribution is 2.25. The van der Waals surface area contributed by atoms with Crippen molar-refractivity contribution in [3.63, 3.8) is 0 Å². The van der Waals surface area contributed by atoms with E-state index >= 15 is 0 Å². The molecule has 140 valence electrons. The van der Waals surface area contributed by atoms with Gasteiger partial charge >= 0.3 is 0 Å². The zero-order valence-corrected chi connectivity index (χ0v) is 15.0. The Labute approximate surface area is 146 Å². The third-order valence-electron chi connectivity index (χ3n) is 3.81. The lowest BCUT2D eigenvalue weighted by atomic mass is 10.1. The number of alkyl halides is 2. The van der Waals surface area contributed by atoms with Gasteiger partial charge in [0.05, 0.1) is 17.5 Å². The average molecular weight is 375 g/mol. The van der Waals surface area contributed by atoms with Crippen LogP contribution in [0.4, 0.5) is 8.78 Å². The van der Waals surface area contributed by atoms with Crippen LogP contribution in [0.1, 0.15) is 25.8 Å². The third kappa shape index (κ3) is 5.72. The molecule has 1 fully saturated rings. The van der Waals surface area contributed by atoms with E-state index in [4.69, 9.17) is 0 Å². The summed E-state index contributed by atoms with van der Waals surface area (Å²) in [6.07, 6.45) is -0.516. The van der Waals surface area contributed by atoms with E-state index in [0.717, 1.165) is 0 Å².